The lowest BCUT2D eigenvalue weighted by Gasteiger charge is -2.02. The molecule has 2 rings (SSSR count). The van der Waals surface area contributed by atoms with Gasteiger partial charge in [-0.25, -0.2) is 4.98 Å². The Hall–Kier alpha value is -1.35. The van der Waals surface area contributed by atoms with E-state index in [0.717, 1.165) is 12.1 Å². The van der Waals surface area contributed by atoms with Gasteiger partial charge in [0, 0.05) is 12.1 Å². The number of aromatic nitrogens is 1. The second kappa shape index (κ2) is 4.45. The average Bonchev–Trinajstić information content (AvgIpc) is 2.25. The Labute approximate surface area is 96.7 Å². The van der Waals surface area contributed by atoms with E-state index in [0.29, 0.717) is 4.47 Å². The fraction of sp³-hybridized carbons (Fsp3) is 0.0833. The summed E-state index contributed by atoms with van der Waals surface area (Å²) in [6, 6.07) is 13.8. The Morgan fingerprint density at radius 3 is 2.47 bits per heavy atom. The zero-order valence-corrected chi connectivity index (χ0v) is 9.61. The molecule has 1 N–H and O–H groups in total. The first-order valence-corrected chi connectivity index (χ1v) is 5.43. The van der Waals surface area contributed by atoms with Crippen LogP contribution in [0.2, 0.25) is 0 Å². The molecule has 1 aromatic heterocycles. The average molecular weight is 264 g/mol. The number of hydrogen-bond donors (Lipinski definition) is 1. The van der Waals surface area contributed by atoms with E-state index < -0.39 is 0 Å². The molecule has 1 aromatic carbocycles. The van der Waals surface area contributed by atoms with Gasteiger partial charge >= 0.3 is 0 Å². The molecule has 2 nitrogen and oxygen atoms in total. The molecule has 0 saturated carbocycles. The standard InChI is InChI=1S/C12H10BrNO/c13-11-7-6-10(14-12(11)15)8-9-4-2-1-3-5-9/h1-7H,8H2,(H,14,15). The van der Waals surface area contributed by atoms with Gasteiger partial charge in [-0.15, -0.1) is 0 Å². The number of hydrogen-bond acceptors (Lipinski definition) is 2. The summed E-state index contributed by atoms with van der Waals surface area (Å²) in [4.78, 5) is 4.08. The van der Waals surface area contributed by atoms with Crippen molar-refractivity contribution in [3.05, 3.63) is 58.2 Å². The third-order valence-corrected chi connectivity index (χ3v) is 2.73. The van der Waals surface area contributed by atoms with Crippen LogP contribution in [0.4, 0.5) is 0 Å². The van der Waals surface area contributed by atoms with Crippen molar-refractivity contribution >= 4 is 15.9 Å². The molecular weight excluding hydrogens is 254 g/mol. The van der Waals surface area contributed by atoms with Gasteiger partial charge in [-0.05, 0) is 33.6 Å². The Morgan fingerprint density at radius 2 is 1.80 bits per heavy atom. The normalized spacial score (nSPS) is 10.2. The molecule has 3 heteroatoms. The number of pyridine rings is 1. The summed E-state index contributed by atoms with van der Waals surface area (Å²) >= 11 is 3.20. The molecule has 76 valence electrons. The Kier molecular flexibility index (Phi) is 3.02. The van der Waals surface area contributed by atoms with Gasteiger partial charge in [0.1, 0.15) is 0 Å². The van der Waals surface area contributed by atoms with Crippen LogP contribution < -0.4 is 0 Å². The molecule has 0 saturated heterocycles. The largest absolute Gasteiger partial charge is 0.492 e. The lowest BCUT2D eigenvalue weighted by Crippen LogP contribution is -1.91. The fourth-order valence-electron chi connectivity index (χ4n) is 1.37. The molecule has 0 atom stereocenters. The minimum Gasteiger partial charge on any atom is -0.492 e. The van der Waals surface area contributed by atoms with E-state index >= 15 is 0 Å². The summed E-state index contributed by atoms with van der Waals surface area (Å²) in [5.74, 6) is 0.0448. The van der Waals surface area contributed by atoms with Crippen molar-refractivity contribution < 1.29 is 5.11 Å². The van der Waals surface area contributed by atoms with Crippen molar-refractivity contribution in [2.75, 3.05) is 0 Å². The molecule has 0 aliphatic rings. The van der Waals surface area contributed by atoms with Gasteiger partial charge in [0.25, 0.3) is 0 Å². The Balaban J connectivity index is 2.22. The molecule has 0 amide bonds. The van der Waals surface area contributed by atoms with Crippen molar-refractivity contribution in [1.82, 2.24) is 4.98 Å². The van der Waals surface area contributed by atoms with E-state index in [1.807, 2.05) is 36.4 Å². The van der Waals surface area contributed by atoms with E-state index in [-0.39, 0.29) is 5.88 Å². The van der Waals surface area contributed by atoms with Crippen molar-refractivity contribution in [2.45, 2.75) is 6.42 Å². The third kappa shape index (κ3) is 2.57. The molecule has 0 aliphatic heterocycles. The van der Waals surface area contributed by atoms with E-state index in [4.69, 9.17) is 0 Å². The van der Waals surface area contributed by atoms with Crippen molar-refractivity contribution in [2.24, 2.45) is 0 Å². The SMILES string of the molecule is Oc1nc(Cc2ccccc2)ccc1Br. The van der Waals surface area contributed by atoms with Crippen LogP contribution in [0.15, 0.2) is 46.9 Å². The van der Waals surface area contributed by atoms with Gasteiger partial charge in [0.15, 0.2) is 0 Å². The molecule has 0 bridgehead atoms. The lowest BCUT2D eigenvalue weighted by atomic mass is 10.1. The van der Waals surface area contributed by atoms with Crippen LogP contribution >= 0.6 is 15.9 Å². The predicted molar refractivity (Wildman–Crippen MR) is 62.8 cm³/mol. The quantitative estimate of drug-likeness (QED) is 0.903. The first kappa shape index (κ1) is 10.2. The van der Waals surface area contributed by atoms with Crippen LogP contribution in [0.25, 0.3) is 0 Å². The van der Waals surface area contributed by atoms with Crippen LogP contribution in [0.5, 0.6) is 5.88 Å². The molecule has 0 fully saturated rings. The number of nitrogens with zero attached hydrogens (tertiary/aromatic N) is 1. The second-order valence-electron chi connectivity index (χ2n) is 3.27. The summed E-state index contributed by atoms with van der Waals surface area (Å²) in [7, 11) is 0. The Bertz CT molecular complexity index is 456. The van der Waals surface area contributed by atoms with Crippen molar-refractivity contribution in [3.63, 3.8) is 0 Å². The van der Waals surface area contributed by atoms with Gasteiger partial charge in [0.05, 0.1) is 4.47 Å². The molecular formula is C12H10BrNO. The number of halogens is 1. The Morgan fingerprint density at radius 1 is 1.07 bits per heavy atom. The molecule has 2 aromatic rings. The van der Waals surface area contributed by atoms with Gasteiger partial charge in [-0.2, -0.15) is 0 Å². The van der Waals surface area contributed by atoms with E-state index in [9.17, 15) is 5.11 Å². The summed E-state index contributed by atoms with van der Waals surface area (Å²) in [5, 5.41) is 9.42. The molecule has 0 aliphatic carbocycles. The number of aromatic hydroxyl groups is 1. The lowest BCUT2D eigenvalue weighted by molar-refractivity contribution is 0.448. The fourth-order valence-corrected chi connectivity index (χ4v) is 1.59. The second-order valence-corrected chi connectivity index (χ2v) is 4.12. The van der Waals surface area contributed by atoms with Crippen LogP contribution in [-0.2, 0) is 6.42 Å². The highest BCUT2D eigenvalue weighted by Crippen LogP contribution is 2.21. The van der Waals surface area contributed by atoms with Crippen LogP contribution in [0, 0.1) is 0 Å². The zero-order chi connectivity index (χ0) is 10.7. The van der Waals surface area contributed by atoms with Crippen LogP contribution in [0.1, 0.15) is 11.3 Å². The van der Waals surface area contributed by atoms with E-state index in [1.165, 1.54) is 5.56 Å². The summed E-state index contributed by atoms with van der Waals surface area (Å²) in [5.41, 5.74) is 2.05. The number of benzene rings is 1. The van der Waals surface area contributed by atoms with Crippen LogP contribution in [0.3, 0.4) is 0 Å². The highest BCUT2D eigenvalue weighted by molar-refractivity contribution is 9.10. The third-order valence-electron chi connectivity index (χ3n) is 2.11. The molecule has 1 heterocycles. The van der Waals surface area contributed by atoms with Gasteiger partial charge in [0.2, 0.25) is 5.88 Å². The smallest absolute Gasteiger partial charge is 0.225 e. The monoisotopic (exact) mass is 263 g/mol. The summed E-state index contributed by atoms with van der Waals surface area (Å²) < 4.78 is 0.624. The van der Waals surface area contributed by atoms with Crippen molar-refractivity contribution in [3.8, 4) is 5.88 Å². The topological polar surface area (TPSA) is 33.1 Å². The first-order valence-electron chi connectivity index (χ1n) is 4.64. The maximum Gasteiger partial charge on any atom is 0.225 e. The van der Waals surface area contributed by atoms with E-state index in [2.05, 4.69) is 20.9 Å². The van der Waals surface area contributed by atoms with Gasteiger partial charge in [-0.3, -0.25) is 0 Å². The zero-order valence-electron chi connectivity index (χ0n) is 8.02. The van der Waals surface area contributed by atoms with Gasteiger partial charge in [-0.1, -0.05) is 30.3 Å². The predicted octanol–water partition coefficient (Wildman–Crippen LogP) is 3.14. The molecule has 0 radical (unpaired) electrons. The number of rotatable bonds is 2. The summed E-state index contributed by atoms with van der Waals surface area (Å²) in [6.45, 7) is 0. The molecule has 0 unspecified atom stereocenters. The van der Waals surface area contributed by atoms with Gasteiger partial charge < -0.3 is 5.11 Å². The maximum atomic E-state index is 9.42. The maximum absolute atomic E-state index is 9.42. The highest BCUT2D eigenvalue weighted by Gasteiger charge is 2.02. The minimum atomic E-state index is 0.0448. The molecule has 15 heavy (non-hydrogen) atoms. The molecule has 0 spiro atoms. The minimum absolute atomic E-state index is 0.0448. The highest BCUT2D eigenvalue weighted by atomic mass is 79.9. The van der Waals surface area contributed by atoms with Crippen molar-refractivity contribution in [1.29, 1.82) is 0 Å². The summed E-state index contributed by atoms with van der Waals surface area (Å²) in [6.07, 6.45) is 0.738. The van der Waals surface area contributed by atoms with Crippen LogP contribution in [-0.4, -0.2) is 10.1 Å². The first-order chi connectivity index (χ1) is 7.25. The van der Waals surface area contributed by atoms with E-state index in [1.54, 1.807) is 6.07 Å².